The number of ether oxygens (including phenoxy) is 2. The third-order valence-corrected chi connectivity index (χ3v) is 3.31. The third-order valence-electron chi connectivity index (χ3n) is 2.78. The maximum Gasteiger partial charge on any atom is 0.352 e. The van der Waals surface area contributed by atoms with Crippen LogP contribution in [0.4, 0.5) is 5.69 Å². The zero-order chi connectivity index (χ0) is 17.0. The van der Waals surface area contributed by atoms with Crippen molar-refractivity contribution in [2.75, 3.05) is 0 Å². The number of hydrogen-bond acceptors (Lipinski definition) is 5. The van der Waals surface area contributed by atoms with E-state index in [1.807, 2.05) is 0 Å². The quantitative estimate of drug-likeness (QED) is 0.346. The maximum absolute atomic E-state index is 12.0. The highest BCUT2D eigenvalue weighted by atomic mass is 35.5. The van der Waals surface area contributed by atoms with E-state index in [-0.39, 0.29) is 22.2 Å². The van der Waals surface area contributed by atoms with E-state index < -0.39 is 17.0 Å². The van der Waals surface area contributed by atoms with E-state index in [9.17, 15) is 14.9 Å². The van der Waals surface area contributed by atoms with E-state index in [0.717, 1.165) is 6.07 Å². The molecule has 1 unspecified atom stereocenters. The summed E-state index contributed by atoms with van der Waals surface area (Å²) in [7, 11) is 0. The second kappa shape index (κ2) is 7.30. The Balaban J connectivity index is 2.05. The molecule has 0 heterocycles. The van der Waals surface area contributed by atoms with Crippen molar-refractivity contribution >= 4 is 34.9 Å². The van der Waals surface area contributed by atoms with E-state index in [1.54, 1.807) is 6.07 Å². The summed E-state index contributed by atoms with van der Waals surface area (Å²) in [5.41, 5.74) is -0.176. The lowest BCUT2D eigenvalue weighted by atomic mass is 10.3. The van der Waals surface area contributed by atoms with Crippen LogP contribution in [0.25, 0.3) is 0 Å². The SMILES string of the molecule is CC(Oc1ccc(Cl)cc1Cl)C(=O)Oc1cccc([N+](=O)[O-])c1. The average Bonchev–Trinajstić information content (AvgIpc) is 2.50. The fraction of sp³-hybridized carbons (Fsp3) is 0.133. The number of nitro groups is 1. The van der Waals surface area contributed by atoms with E-state index in [1.165, 1.54) is 37.3 Å². The second-order valence-corrected chi connectivity index (χ2v) is 5.35. The van der Waals surface area contributed by atoms with Crippen LogP contribution in [-0.2, 0) is 4.79 Å². The van der Waals surface area contributed by atoms with Gasteiger partial charge in [-0.2, -0.15) is 0 Å². The summed E-state index contributed by atoms with van der Waals surface area (Å²) in [5.74, 6) is -0.377. The van der Waals surface area contributed by atoms with Crippen molar-refractivity contribution in [3.05, 3.63) is 62.6 Å². The van der Waals surface area contributed by atoms with Crippen molar-refractivity contribution in [3.63, 3.8) is 0 Å². The number of nitro benzene ring substituents is 1. The Morgan fingerprint density at radius 1 is 1.22 bits per heavy atom. The number of carbonyl (C=O) groups excluding carboxylic acids is 1. The van der Waals surface area contributed by atoms with Crippen molar-refractivity contribution in [2.24, 2.45) is 0 Å². The van der Waals surface area contributed by atoms with Crippen molar-refractivity contribution < 1.29 is 19.2 Å². The van der Waals surface area contributed by atoms with Gasteiger partial charge in [0.05, 0.1) is 16.0 Å². The van der Waals surface area contributed by atoms with E-state index in [4.69, 9.17) is 32.7 Å². The molecular weight excluding hydrogens is 345 g/mol. The van der Waals surface area contributed by atoms with Crippen LogP contribution in [-0.4, -0.2) is 17.0 Å². The zero-order valence-corrected chi connectivity index (χ0v) is 13.4. The minimum Gasteiger partial charge on any atom is -0.477 e. The number of esters is 1. The number of carbonyl (C=O) groups is 1. The summed E-state index contributed by atoms with van der Waals surface area (Å²) in [6.07, 6.45) is -0.965. The average molecular weight is 356 g/mol. The summed E-state index contributed by atoms with van der Waals surface area (Å²) in [5, 5.41) is 11.4. The van der Waals surface area contributed by atoms with Gasteiger partial charge in [0.2, 0.25) is 0 Å². The molecule has 2 aromatic rings. The normalized spacial score (nSPS) is 11.6. The monoisotopic (exact) mass is 355 g/mol. The molecule has 0 aliphatic rings. The number of hydrogen-bond donors (Lipinski definition) is 0. The molecule has 0 aromatic heterocycles. The van der Waals surface area contributed by atoms with Crippen LogP contribution in [0, 0.1) is 10.1 Å². The van der Waals surface area contributed by atoms with Crippen molar-refractivity contribution in [1.29, 1.82) is 0 Å². The van der Waals surface area contributed by atoms with Gasteiger partial charge in [0.25, 0.3) is 5.69 Å². The van der Waals surface area contributed by atoms with Crippen LogP contribution < -0.4 is 9.47 Å². The van der Waals surface area contributed by atoms with Crippen molar-refractivity contribution in [2.45, 2.75) is 13.0 Å². The Hall–Kier alpha value is -2.31. The van der Waals surface area contributed by atoms with Crippen LogP contribution in [0.1, 0.15) is 6.92 Å². The first-order valence-electron chi connectivity index (χ1n) is 6.44. The Kier molecular flexibility index (Phi) is 5.41. The molecule has 0 N–H and O–H groups in total. The minimum atomic E-state index is -0.965. The Morgan fingerprint density at radius 3 is 2.61 bits per heavy atom. The lowest BCUT2D eigenvalue weighted by Crippen LogP contribution is -2.28. The van der Waals surface area contributed by atoms with Crippen LogP contribution >= 0.6 is 23.2 Å². The molecular formula is C15H11Cl2NO5. The predicted molar refractivity (Wildman–Crippen MR) is 85.3 cm³/mol. The highest BCUT2D eigenvalue weighted by Crippen LogP contribution is 2.28. The fourth-order valence-electron chi connectivity index (χ4n) is 1.67. The standard InChI is InChI=1S/C15H11Cl2NO5/c1-9(22-14-6-5-10(16)7-13(14)17)15(19)23-12-4-2-3-11(8-12)18(20)21/h2-9H,1H3. The van der Waals surface area contributed by atoms with Gasteiger partial charge >= 0.3 is 5.97 Å². The molecule has 0 aliphatic heterocycles. The summed E-state index contributed by atoms with van der Waals surface area (Å²) in [6.45, 7) is 1.48. The van der Waals surface area contributed by atoms with Gasteiger partial charge < -0.3 is 9.47 Å². The molecule has 0 saturated carbocycles. The second-order valence-electron chi connectivity index (χ2n) is 4.51. The lowest BCUT2D eigenvalue weighted by Gasteiger charge is -2.14. The molecule has 0 spiro atoms. The molecule has 2 rings (SSSR count). The Morgan fingerprint density at radius 2 is 1.96 bits per heavy atom. The smallest absolute Gasteiger partial charge is 0.352 e. The summed E-state index contributed by atoms with van der Waals surface area (Å²) < 4.78 is 10.5. The van der Waals surface area contributed by atoms with Gasteiger partial charge in [0.15, 0.2) is 6.10 Å². The van der Waals surface area contributed by atoms with Crippen LogP contribution in [0.15, 0.2) is 42.5 Å². The topological polar surface area (TPSA) is 78.7 Å². The van der Waals surface area contributed by atoms with E-state index in [0.29, 0.717) is 5.02 Å². The molecule has 0 amide bonds. The first-order valence-corrected chi connectivity index (χ1v) is 7.20. The number of halogens is 2. The summed E-state index contributed by atoms with van der Waals surface area (Å²) in [4.78, 5) is 22.1. The van der Waals surface area contributed by atoms with Gasteiger partial charge in [-0.3, -0.25) is 10.1 Å². The largest absolute Gasteiger partial charge is 0.477 e. The van der Waals surface area contributed by atoms with Gasteiger partial charge in [0, 0.05) is 11.1 Å². The fourth-order valence-corrected chi connectivity index (χ4v) is 2.12. The Labute approximate surface area is 141 Å². The zero-order valence-electron chi connectivity index (χ0n) is 11.9. The van der Waals surface area contributed by atoms with Gasteiger partial charge in [-0.05, 0) is 31.2 Å². The molecule has 1 atom stereocenters. The third kappa shape index (κ3) is 4.58. The molecule has 120 valence electrons. The summed E-state index contributed by atoms with van der Waals surface area (Å²) >= 11 is 11.7. The molecule has 0 saturated heterocycles. The maximum atomic E-state index is 12.0. The predicted octanol–water partition coefficient (Wildman–Crippen LogP) is 4.27. The molecule has 8 heteroatoms. The highest BCUT2D eigenvalue weighted by molar-refractivity contribution is 6.35. The van der Waals surface area contributed by atoms with Gasteiger partial charge in [-0.1, -0.05) is 29.3 Å². The van der Waals surface area contributed by atoms with Gasteiger partial charge in [-0.15, -0.1) is 0 Å². The summed E-state index contributed by atoms with van der Waals surface area (Å²) in [6, 6.07) is 9.89. The van der Waals surface area contributed by atoms with Crippen LogP contribution in [0.3, 0.4) is 0 Å². The first kappa shape index (κ1) is 17.1. The van der Waals surface area contributed by atoms with Gasteiger partial charge in [-0.25, -0.2) is 4.79 Å². The number of non-ortho nitro benzene ring substituents is 1. The van der Waals surface area contributed by atoms with Crippen LogP contribution in [0.5, 0.6) is 11.5 Å². The van der Waals surface area contributed by atoms with E-state index in [2.05, 4.69) is 0 Å². The molecule has 2 aromatic carbocycles. The number of rotatable bonds is 5. The molecule has 23 heavy (non-hydrogen) atoms. The first-order chi connectivity index (χ1) is 10.9. The van der Waals surface area contributed by atoms with Crippen molar-refractivity contribution in [3.8, 4) is 11.5 Å². The highest BCUT2D eigenvalue weighted by Gasteiger charge is 2.19. The number of nitrogens with zero attached hydrogens (tertiary/aromatic N) is 1. The van der Waals surface area contributed by atoms with Crippen molar-refractivity contribution in [1.82, 2.24) is 0 Å². The minimum absolute atomic E-state index is 0.0573. The molecule has 0 fully saturated rings. The Bertz CT molecular complexity index is 750. The molecule has 0 bridgehead atoms. The van der Waals surface area contributed by atoms with Gasteiger partial charge in [0.1, 0.15) is 11.5 Å². The van der Waals surface area contributed by atoms with Crippen LogP contribution in [0.2, 0.25) is 10.0 Å². The van der Waals surface area contributed by atoms with E-state index >= 15 is 0 Å². The lowest BCUT2D eigenvalue weighted by molar-refractivity contribution is -0.384. The molecule has 0 radical (unpaired) electrons. The number of benzene rings is 2. The molecule has 0 aliphatic carbocycles. The molecule has 6 nitrogen and oxygen atoms in total.